The van der Waals surface area contributed by atoms with E-state index in [9.17, 15) is 10.1 Å². The van der Waals surface area contributed by atoms with Gasteiger partial charge in [-0.2, -0.15) is 5.26 Å². The molecule has 1 aromatic carbocycles. The van der Waals surface area contributed by atoms with Crippen molar-refractivity contribution in [3.63, 3.8) is 0 Å². The molecular formula is C19H22N4O2S. The van der Waals surface area contributed by atoms with Gasteiger partial charge in [0.25, 0.3) is 0 Å². The molecule has 0 aliphatic carbocycles. The number of hydrogen-bond acceptors (Lipinski definition) is 7. The molecule has 1 fully saturated rings. The summed E-state index contributed by atoms with van der Waals surface area (Å²) in [6, 6.07) is 8.78. The normalized spacial score (nSPS) is 14.8. The Bertz CT molecular complexity index is 729. The Labute approximate surface area is 158 Å². The van der Waals surface area contributed by atoms with Crippen LogP contribution in [0.3, 0.4) is 0 Å². The minimum absolute atomic E-state index is 0.299. The predicted molar refractivity (Wildman–Crippen MR) is 103 cm³/mol. The van der Waals surface area contributed by atoms with E-state index < -0.39 is 0 Å². The van der Waals surface area contributed by atoms with Crippen molar-refractivity contribution in [2.24, 2.45) is 10.2 Å². The first kappa shape index (κ1) is 19.7. The first-order valence-electron chi connectivity index (χ1n) is 8.51. The van der Waals surface area contributed by atoms with E-state index in [1.807, 2.05) is 0 Å². The number of hydrogen-bond donors (Lipinski definition) is 0. The molecule has 136 valence electrons. The zero-order valence-electron chi connectivity index (χ0n) is 14.9. The van der Waals surface area contributed by atoms with Crippen LogP contribution < -0.4 is 0 Å². The third kappa shape index (κ3) is 5.46. The molecule has 1 aliphatic rings. The van der Waals surface area contributed by atoms with E-state index in [2.05, 4.69) is 27.8 Å². The van der Waals surface area contributed by atoms with Crippen LogP contribution in [-0.4, -0.2) is 36.3 Å². The van der Waals surface area contributed by atoms with Gasteiger partial charge in [0, 0.05) is 18.8 Å². The number of ether oxygens (including phenoxy) is 1. The number of carbonyl (C=O) groups excluding carboxylic acids is 1. The molecule has 0 aromatic heterocycles. The molecule has 6 nitrogen and oxygen atoms in total. The van der Waals surface area contributed by atoms with Gasteiger partial charge in [-0.05, 0) is 44.0 Å². The van der Waals surface area contributed by atoms with Crippen LogP contribution in [0.15, 0.2) is 57.9 Å². The van der Waals surface area contributed by atoms with E-state index in [0.717, 1.165) is 31.0 Å². The summed E-state index contributed by atoms with van der Waals surface area (Å²) in [6.45, 7) is 7.68. The molecule has 26 heavy (non-hydrogen) atoms. The van der Waals surface area contributed by atoms with E-state index in [1.54, 1.807) is 49.0 Å². The fourth-order valence-corrected chi connectivity index (χ4v) is 3.33. The van der Waals surface area contributed by atoms with Gasteiger partial charge in [-0.3, -0.25) is 0 Å². The Morgan fingerprint density at radius 2 is 2.08 bits per heavy atom. The predicted octanol–water partition coefficient (Wildman–Crippen LogP) is 4.65. The molecule has 2 rings (SSSR count). The topological polar surface area (TPSA) is 78.0 Å². The summed E-state index contributed by atoms with van der Waals surface area (Å²) in [4.78, 5) is 13.8. The van der Waals surface area contributed by atoms with Gasteiger partial charge in [-0.1, -0.05) is 6.08 Å². The van der Waals surface area contributed by atoms with E-state index in [1.165, 1.54) is 0 Å². The zero-order valence-corrected chi connectivity index (χ0v) is 15.7. The maximum atomic E-state index is 11.7. The third-order valence-corrected chi connectivity index (χ3v) is 4.81. The van der Waals surface area contributed by atoms with E-state index in [-0.39, 0.29) is 5.97 Å². The number of thioether (sulfide) groups is 1. The molecule has 0 unspecified atom stereocenters. The summed E-state index contributed by atoms with van der Waals surface area (Å²) >= 11 is 1.55. The van der Waals surface area contributed by atoms with Crippen molar-refractivity contribution in [3.8, 4) is 6.07 Å². The lowest BCUT2D eigenvalue weighted by molar-refractivity contribution is 0.0526. The smallest absolute Gasteiger partial charge is 0.338 e. The van der Waals surface area contributed by atoms with Crippen LogP contribution in [0.25, 0.3) is 0 Å². The zero-order chi connectivity index (χ0) is 18.8. The largest absolute Gasteiger partial charge is 0.462 e. The number of esters is 1. The first-order chi connectivity index (χ1) is 12.7. The maximum Gasteiger partial charge on any atom is 0.338 e. The van der Waals surface area contributed by atoms with Crippen molar-refractivity contribution in [2.75, 3.05) is 25.4 Å². The van der Waals surface area contributed by atoms with Crippen molar-refractivity contribution in [3.05, 3.63) is 53.2 Å². The van der Waals surface area contributed by atoms with Crippen LogP contribution in [0.5, 0.6) is 0 Å². The highest BCUT2D eigenvalue weighted by atomic mass is 32.2. The summed E-state index contributed by atoms with van der Waals surface area (Å²) in [7, 11) is 0. The highest BCUT2D eigenvalue weighted by Crippen LogP contribution is 2.29. The molecule has 0 spiro atoms. The number of rotatable bonds is 8. The Balaban J connectivity index is 2.19. The van der Waals surface area contributed by atoms with Gasteiger partial charge >= 0.3 is 5.97 Å². The third-order valence-electron chi connectivity index (χ3n) is 3.68. The maximum absolute atomic E-state index is 11.7. The molecule has 1 aromatic rings. The second-order valence-electron chi connectivity index (χ2n) is 5.53. The van der Waals surface area contributed by atoms with Crippen molar-refractivity contribution in [1.82, 2.24) is 4.90 Å². The van der Waals surface area contributed by atoms with E-state index >= 15 is 0 Å². The summed E-state index contributed by atoms with van der Waals surface area (Å²) < 4.78 is 4.95. The Hall–Kier alpha value is -2.59. The average molecular weight is 370 g/mol. The molecule has 0 atom stereocenters. The Morgan fingerprint density at radius 1 is 1.38 bits per heavy atom. The standard InChI is InChI=1S/C19H22N4O2S/c1-3-13-26-18(23-11-5-6-12-23)17(14-20)22-21-16-9-7-15(8-10-16)19(24)25-4-2/h3,7-10H,1,4-6,11-13H2,2H3/b18-17+,22-21?. The quantitative estimate of drug-likeness (QED) is 0.288. The van der Waals surface area contributed by atoms with Gasteiger partial charge in [0.15, 0.2) is 5.70 Å². The summed E-state index contributed by atoms with van der Waals surface area (Å²) in [6.07, 6.45) is 4.04. The second-order valence-corrected chi connectivity index (χ2v) is 6.54. The molecule has 0 radical (unpaired) electrons. The van der Waals surface area contributed by atoms with E-state index in [4.69, 9.17) is 4.74 Å². The minimum atomic E-state index is -0.370. The van der Waals surface area contributed by atoms with Crippen molar-refractivity contribution < 1.29 is 9.53 Å². The average Bonchev–Trinajstić information content (AvgIpc) is 3.19. The van der Waals surface area contributed by atoms with Gasteiger partial charge in [0.2, 0.25) is 0 Å². The SMILES string of the molecule is C=CCS/C(=C(\C#N)N=Nc1ccc(C(=O)OCC)cc1)N1CCCC1. The summed E-state index contributed by atoms with van der Waals surface area (Å²) in [5.41, 5.74) is 1.33. The van der Waals surface area contributed by atoms with Crippen LogP contribution in [0.1, 0.15) is 30.1 Å². The lowest BCUT2D eigenvalue weighted by Gasteiger charge is -2.20. The van der Waals surface area contributed by atoms with Crippen molar-refractivity contribution >= 4 is 23.4 Å². The monoisotopic (exact) mass is 370 g/mol. The molecule has 0 bridgehead atoms. The fourth-order valence-electron chi connectivity index (χ4n) is 2.47. The second kappa shape index (κ2) is 10.4. The highest BCUT2D eigenvalue weighted by Gasteiger charge is 2.19. The van der Waals surface area contributed by atoms with Gasteiger partial charge < -0.3 is 9.64 Å². The molecule has 1 heterocycles. The Kier molecular flexibility index (Phi) is 7.90. The molecular weight excluding hydrogens is 348 g/mol. The summed E-state index contributed by atoms with van der Waals surface area (Å²) in [5, 5.41) is 18.7. The van der Waals surface area contributed by atoms with Crippen molar-refractivity contribution in [1.29, 1.82) is 5.26 Å². The molecule has 1 saturated heterocycles. The lowest BCUT2D eigenvalue weighted by Crippen LogP contribution is -2.18. The van der Waals surface area contributed by atoms with Gasteiger partial charge in [-0.15, -0.1) is 28.6 Å². The number of allylic oxidation sites excluding steroid dienone is 1. The number of likely N-dealkylation sites (tertiary alicyclic amines) is 1. The van der Waals surface area contributed by atoms with Crippen molar-refractivity contribution in [2.45, 2.75) is 19.8 Å². The van der Waals surface area contributed by atoms with Gasteiger partial charge in [0.1, 0.15) is 11.1 Å². The van der Waals surface area contributed by atoms with Crippen LogP contribution in [-0.2, 0) is 4.74 Å². The number of carbonyl (C=O) groups is 1. The molecule has 0 saturated carbocycles. The number of nitrogens with zero attached hydrogens (tertiary/aromatic N) is 4. The Morgan fingerprint density at radius 3 is 2.65 bits per heavy atom. The number of nitriles is 1. The number of benzene rings is 1. The van der Waals surface area contributed by atoms with Gasteiger partial charge in [0.05, 0.1) is 17.9 Å². The van der Waals surface area contributed by atoms with Crippen LogP contribution in [0, 0.1) is 11.3 Å². The van der Waals surface area contributed by atoms with Crippen LogP contribution in [0.4, 0.5) is 5.69 Å². The van der Waals surface area contributed by atoms with Crippen LogP contribution in [0.2, 0.25) is 0 Å². The first-order valence-corrected chi connectivity index (χ1v) is 9.50. The van der Waals surface area contributed by atoms with Gasteiger partial charge in [-0.25, -0.2) is 4.79 Å². The molecule has 0 N–H and O–H groups in total. The molecule has 1 aliphatic heterocycles. The van der Waals surface area contributed by atoms with E-state index in [0.29, 0.717) is 29.3 Å². The van der Waals surface area contributed by atoms with Crippen LogP contribution >= 0.6 is 11.8 Å². The fraction of sp³-hybridized carbons (Fsp3) is 0.368. The molecule has 7 heteroatoms. The lowest BCUT2D eigenvalue weighted by atomic mass is 10.2. The highest BCUT2D eigenvalue weighted by molar-refractivity contribution is 8.03. The molecule has 0 amide bonds. The summed E-state index contributed by atoms with van der Waals surface area (Å²) in [5.74, 6) is 0.339. The minimum Gasteiger partial charge on any atom is -0.462 e. The number of azo groups is 1.